The van der Waals surface area contributed by atoms with Gasteiger partial charge in [-0.3, -0.25) is 4.79 Å². The summed E-state index contributed by atoms with van der Waals surface area (Å²) < 4.78 is 5.67. The highest BCUT2D eigenvalue weighted by atomic mass is 35.5. The van der Waals surface area contributed by atoms with Crippen LogP contribution >= 0.6 is 11.6 Å². The molecule has 1 N–H and O–H groups in total. The number of hydrogen-bond donors (Lipinski definition) is 1. The Bertz CT molecular complexity index is 1140. The fraction of sp³-hybridized carbons (Fsp3) is 0.240. The van der Waals surface area contributed by atoms with E-state index in [1.165, 1.54) is 12.6 Å². The van der Waals surface area contributed by atoms with E-state index in [1.54, 1.807) is 30.3 Å². The minimum Gasteiger partial charge on any atom is -0.422 e. The van der Waals surface area contributed by atoms with Crippen LogP contribution in [0.15, 0.2) is 65.8 Å². The number of rotatable bonds is 5. The summed E-state index contributed by atoms with van der Waals surface area (Å²) >= 11 is 6.14. The van der Waals surface area contributed by atoms with E-state index in [4.69, 9.17) is 16.3 Å². The number of halogens is 1. The topological polar surface area (TPSA) is 67.8 Å². The van der Waals surface area contributed by atoms with Crippen LogP contribution in [0.3, 0.4) is 0 Å². The molecule has 0 spiro atoms. The first-order valence-electron chi connectivity index (χ1n) is 10.4. The van der Waals surface area contributed by atoms with E-state index < -0.39 is 5.97 Å². The second-order valence-corrected chi connectivity index (χ2v) is 8.04. The van der Waals surface area contributed by atoms with Gasteiger partial charge in [-0.05, 0) is 41.8 Å². The van der Waals surface area contributed by atoms with Crippen molar-refractivity contribution in [2.45, 2.75) is 32.1 Å². The second kappa shape index (κ2) is 9.75. The molecular formula is C25H23ClN2O3. The van der Waals surface area contributed by atoms with E-state index >= 15 is 0 Å². The van der Waals surface area contributed by atoms with Gasteiger partial charge >= 0.3 is 5.97 Å². The molecule has 158 valence electrons. The number of esters is 1. The molecule has 0 bridgehead atoms. The molecule has 3 aromatic rings. The largest absolute Gasteiger partial charge is 0.422 e. The molecule has 0 saturated heterocycles. The number of amides is 1. The van der Waals surface area contributed by atoms with Crippen molar-refractivity contribution in [2.75, 3.05) is 0 Å². The fourth-order valence-electron chi connectivity index (χ4n) is 3.90. The lowest BCUT2D eigenvalue weighted by Gasteiger charge is -2.19. The van der Waals surface area contributed by atoms with Gasteiger partial charge < -0.3 is 4.74 Å². The van der Waals surface area contributed by atoms with E-state index in [0.29, 0.717) is 16.3 Å². The number of nitrogens with one attached hydrogen (secondary N) is 1. The van der Waals surface area contributed by atoms with Gasteiger partial charge in [0.2, 0.25) is 5.91 Å². The van der Waals surface area contributed by atoms with Crippen LogP contribution in [0.1, 0.15) is 48.0 Å². The number of fused-ring (bicyclic) bond motifs is 1. The molecule has 1 aliphatic carbocycles. The molecule has 1 fully saturated rings. The van der Waals surface area contributed by atoms with Crippen LogP contribution in [-0.4, -0.2) is 18.1 Å². The monoisotopic (exact) mass is 434 g/mol. The number of nitrogens with zero attached hydrogens (tertiary/aromatic N) is 1. The summed E-state index contributed by atoms with van der Waals surface area (Å²) in [5.74, 6) is -0.261. The molecule has 6 heteroatoms. The molecule has 1 amide bonds. The first-order valence-corrected chi connectivity index (χ1v) is 10.8. The van der Waals surface area contributed by atoms with Gasteiger partial charge in [-0.1, -0.05) is 73.3 Å². The Kier molecular flexibility index (Phi) is 6.63. The highest BCUT2D eigenvalue weighted by Crippen LogP contribution is 2.28. The Hall–Kier alpha value is -3.18. The maximum Gasteiger partial charge on any atom is 0.345 e. The van der Waals surface area contributed by atoms with E-state index in [1.807, 2.05) is 30.3 Å². The third kappa shape index (κ3) is 4.94. The first kappa shape index (κ1) is 21.1. The van der Waals surface area contributed by atoms with Gasteiger partial charge in [-0.15, -0.1) is 0 Å². The number of carbonyl (C=O) groups is 2. The molecule has 0 atom stereocenters. The molecule has 1 aliphatic rings. The van der Waals surface area contributed by atoms with Crippen LogP contribution in [0.25, 0.3) is 10.8 Å². The number of hydrogen-bond acceptors (Lipinski definition) is 4. The number of carbonyl (C=O) groups excluding carboxylic acids is 2. The average molecular weight is 435 g/mol. The lowest BCUT2D eigenvalue weighted by molar-refractivity contribution is -0.125. The van der Waals surface area contributed by atoms with E-state index in [9.17, 15) is 9.59 Å². The molecule has 31 heavy (non-hydrogen) atoms. The van der Waals surface area contributed by atoms with Crippen molar-refractivity contribution in [3.63, 3.8) is 0 Å². The summed E-state index contributed by atoms with van der Waals surface area (Å²) in [6.07, 6.45) is 6.68. The average Bonchev–Trinajstić information content (AvgIpc) is 2.81. The number of hydrazone groups is 1. The van der Waals surface area contributed by atoms with Gasteiger partial charge in [0.25, 0.3) is 0 Å². The summed E-state index contributed by atoms with van der Waals surface area (Å²) in [5.41, 5.74) is 3.55. The lowest BCUT2D eigenvalue weighted by atomic mass is 9.89. The molecule has 3 aromatic carbocycles. The quantitative estimate of drug-likeness (QED) is 0.241. The Balaban J connectivity index is 1.60. The second-order valence-electron chi connectivity index (χ2n) is 7.64. The van der Waals surface area contributed by atoms with Gasteiger partial charge in [0, 0.05) is 11.5 Å². The molecule has 5 nitrogen and oxygen atoms in total. The van der Waals surface area contributed by atoms with Gasteiger partial charge in [-0.25, -0.2) is 10.2 Å². The molecule has 0 aromatic heterocycles. The zero-order valence-corrected chi connectivity index (χ0v) is 17.8. The fourth-order valence-corrected chi connectivity index (χ4v) is 4.11. The Morgan fingerprint density at radius 3 is 2.52 bits per heavy atom. The minimum atomic E-state index is -0.554. The maximum absolute atomic E-state index is 12.7. The predicted octanol–water partition coefficient (Wildman–Crippen LogP) is 5.74. The summed E-state index contributed by atoms with van der Waals surface area (Å²) in [6, 6.07) is 18.1. The van der Waals surface area contributed by atoms with Crippen molar-refractivity contribution in [3.8, 4) is 5.75 Å². The summed E-state index contributed by atoms with van der Waals surface area (Å²) in [6.45, 7) is 0. The Labute approximate surface area is 186 Å². The van der Waals surface area contributed by atoms with Gasteiger partial charge in [0.1, 0.15) is 5.75 Å². The number of benzene rings is 3. The van der Waals surface area contributed by atoms with Crippen LogP contribution in [0.2, 0.25) is 5.02 Å². The van der Waals surface area contributed by atoms with Gasteiger partial charge in [0.15, 0.2) is 0 Å². The molecule has 4 rings (SSSR count). The highest BCUT2D eigenvalue weighted by molar-refractivity contribution is 6.33. The zero-order chi connectivity index (χ0) is 21.6. The van der Waals surface area contributed by atoms with Crippen molar-refractivity contribution in [1.82, 2.24) is 5.43 Å². The molecule has 1 saturated carbocycles. The van der Waals surface area contributed by atoms with Crippen molar-refractivity contribution in [2.24, 2.45) is 11.0 Å². The molecule has 0 heterocycles. The molecule has 0 aliphatic heterocycles. The third-order valence-corrected chi connectivity index (χ3v) is 5.90. The third-order valence-electron chi connectivity index (χ3n) is 5.57. The Morgan fingerprint density at radius 1 is 0.968 bits per heavy atom. The molecule has 0 unspecified atom stereocenters. The van der Waals surface area contributed by atoms with Crippen molar-refractivity contribution in [1.29, 1.82) is 0 Å². The van der Waals surface area contributed by atoms with Crippen LogP contribution in [0, 0.1) is 5.92 Å². The zero-order valence-electron chi connectivity index (χ0n) is 17.0. The van der Waals surface area contributed by atoms with Gasteiger partial charge in [0.05, 0.1) is 16.8 Å². The predicted molar refractivity (Wildman–Crippen MR) is 123 cm³/mol. The minimum absolute atomic E-state index is 0.0101. The summed E-state index contributed by atoms with van der Waals surface area (Å²) in [4.78, 5) is 25.1. The van der Waals surface area contributed by atoms with E-state index in [2.05, 4.69) is 10.5 Å². The smallest absolute Gasteiger partial charge is 0.345 e. The summed E-state index contributed by atoms with van der Waals surface area (Å²) in [5, 5.41) is 6.34. The van der Waals surface area contributed by atoms with Gasteiger partial charge in [-0.2, -0.15) is 5.10 Å². The normalized spacial score (nSPS) is 14.6. The number of ether oxygens (including phenoxy) is 1. The molecule has 0 radical (unpaired) electrons. The first-order chi connectivity index (χ1) is 15.1. The van der Waals surface area contributed by atoms with Crippen LogP contribution in [0.4, 0.5) is 0 Å². The molecular weight excluding hydrogens is 412 g/mol. The lowest BCUT2D eigenvalue weighted by Crippen LogP contribution is -2.28. The van der Waals surface area contributed by atoms with E-state index in [0.717, 1.165) is 36.5 Å². The van der Waals surface area contributed by atoms with Crippen molar-refractivity contribution >= 4 is 40.5 Å². The summed E-state index contributed by atoms with van der Waals surface area (Å²) in [7, 11) is 0. The van der Waals surface area contributed by atoms with Crippen LogP contribution < -0.4 is 10.2 Å². The SMILES string of the molecule is O=C(Oc1ccc2ccccc2c1/C=N/NC(=O)C1CCCCC1)c1ccccc1Cl. The van der Waals surface area contributed by atoms with Crippen molar-refractivity contribution in [3.05, 3.63) is 76.8 Å². The van der Waals surface area contributed by atoms with E-state index in [-0.39, 0.29) is 17.4 Å². The highest BCUT2D eigenvalue weighted by Gasteiger charge is 2.21. The standard InChI is InChI=1S/C25H23ClN2O3/c26-22-13-7-6-12-20(22)25(30)31-23-15-14-17-8-4-5-11-19(17)21(23)16-27-28-24(29)18-9-2-1-3-10-18/h4-8,11-16,18H,1-3,9-10H2,(H,28,29)/b27-16+. The van der Waals surface area contributed by atoms with Crippen LogP contribution in [0.5, 0.6) is 5.75 Å². The van der Waals surface area contributed by atoms with Crippen molar-refractivity contribution < 1.29 is 14.3 Å². The Morgan fingerprint density at radius 2 is 1.71 bits per heavy atom. The maximum atomic E-state index is 12.7. The van der Waals surface area contributed by atoms with Crippen LogP contribution in [-0.2, 0) is 4.79 Å².